The highest BCUT2D eigenvalue weighted by Crippen LogP contribution is 2.37. The number of rotatable bonds is 4. The Morgan fingerprint density at radius 2 is 2.18 bits per heavy atom. The summed E-state index contributed by atoms with van der Waals surface area (Å²) < 4.78 is 0. The smallest absolute Gasteiger partial charge is 0.333 e. The molecule has 17 heavy (non-hydrogen) atoms. The molecule has 0 amide bonds. The lowest BCUT2D eigenvalue weighted by Gasteiger charge is -2.25. The van der Waals surface area contributed by atoms with E-state index in [0.717, 1.165) is 17.5 Å². The van der Waals surface area contributed by atoms with Gasteiger partial charge in [0.2, 0.25) is 0 Å². The Morgan fingerprint density at radius 1 is 1.41 bits per heavy atom. The van der Waals surface area contributed by atoms with Gasteiger partial charge >= 0.3 is 5.97 Å². The summed E-state index contributed by atoms with van der Waals surface area (Å²) in [6.45, 7) is 0. The van der Waals surface area contributed by atoms with Crippen LogP contribution in [0.3, 0.4) is 0 Å². The van der Waals surface area contributed by atoms with Crippen LogP contribution in [-0.4, -0.2) is 17.4 Å². The van der Waals surface area contributed by atoms with Crippen molar-refractivity contribution in [3.63, 3.8) is 0 Å². The maximum absolute atomic E-state index is 11.1. The molecule has 0 aliphatic carbocycles. The first-order valence-electron chi connectivity index (χ1n) is 5.46. The number of nitrogens with one attached hydrogen (secondary N) is 1. The molecule has 1 unspecified atom stereocenters. The SMILES string of the molecule is O=CCCC1C(C(=O)O)=CNc2ccccc21. The number of benzene rings is 1. The molecule has 1 aromatic rings. The normalized spacial score (nSPS) is 17.6. The van der Waals surface area contributed by atoms with E-state index in [1.54, 1.807) is 0 Å². The zero-order chi connectivity index (χ0) is 12.3. The average Bonchev–Trinajstić information content (AvgIpc) is 2.35. The van der Waals surface area contributed by atoms with Crippen LogP contribution in [-0.2, 0) is 9.59 Å². The minimum absolute atomic E-state index is 0.213. The van der Waals surface area contributed by atoms with Crippen molar-refractivity contribution in [2.75, 3.05) is 5.32 Å². The zero-order valence-corrected chi connectivity index (χ0v) is 9.22. The fourth-order valence-corrected chi connectivity index (χ4v) is 2.11. The molecule has 2 rings (SSSR count). The lowest BCUT2D eigenvalue weighted by molar-refractivity contribution is -0.133. The van der Waals surface area contributed by atoms with Crippen molar-refractivity contribution in [3.05, 3.63) is 41.6 Å². The monoisotopic (exact) mass is 231 g/mol. The summed E-state index contributed by atoms with van der Waals surface area (Å²) in [5.74, 6) is -1.15. The number of carboxylic acids is 1. The van der Waals surface area contributed by atoms with Gasteiger partial charge in [-0.15, -0.1) is 0 Å². The van der Waals surface area contributed by atoms with Crippen molar-refractivity contribution in [2.24, 2.45) is 0 Å². The maximum Gasteiger partial charge on any atom is 0.333 e. The average molecular weight is 231 g/mol. The fourth-order valence-electron chi connectivity index (χ4n) is 2.11. The number of aliphatic carboxylic acids is 1. The molecule has 1 aliphatic rings. The number of aldehydes is 1. The van der Waals surface area contributed by atoms with Crippen LogP contribution < -0.4 is 5.32 Å². The highest BCUT2D eigenvalue weighted by Gasteiger charge is 2.26. The first-order valence-corrected chi connectivity index (χ1v) is 5.46. The number of hydrogen-bond donors (Lipinski definition) is 2. The molecule has 1 heterocycles. The molecule has 1 atom stereocenters. The Morgan fingerprint density at radius 3 is 2.88 bits per heavy atom. The van der Waals surface area contributed by atoms with Crippen LogP contribution in [0.5, 0.6) is 0 Å². The van der Waals surface area contributed by atoms with E-state index in [0.29, 0.717) is 18.4 Å². The molecule has 1 aliphatic heterocycles. The third-order valence-corrected chi connectivity index (χ3v) is 2.91. The van der Waals surface area contributed by atoms with Crippen molar-refractivity contribution in [2.45, 2.75) is 18.8 Å². The maximum atomic E-state index is 11.1. The summed E-state index contributed by atoms with van der Waals surface area (Å²) in [6.07, 6.45) is 3.23. The Balaban J connectivity index is 2.37. The molecule has 1 aromatic carbocycles. The van der Waals surface area contributed by atoms with Crippen molar-refractivity contribution in [3.8, 4) is 0 Å². The number of hydrogen-bond acceptors (Lipinski definition) is 3. The zero-order valence-electron chi connectivity index (χ0n) is 9.22. The molecule has 0 aromatic heterocycles. The molecule has 0 saturated heterocycles. The highest BCUT2D eigenvalue weighted by molar-refractivity contribution is 5.90. The van der Waals surface area contributed by atoms with Gasteiger partial charge in [-0.1, -0.05) is 18.2 Å². The Kier molecular flexibility index (Phi) is 3.23. The Labute approximate surface area is 99.0 Å². The Bertz CT molecular complexity index is 479. The van der Waals surface area contributed by atoms with Gasteiger partial charge in [-0.05, 0) is 18.1 Å². The second-order valence-electron chi connectivity index (χ2n) is 3.93. The molecule has 4 heteroatoms. The standard InChI is InChI=1S/C13H13NO3/c15-7-3-5-9-10-4-1-2-6-12(10)14-8-11(9)13(16)17/h1-2,4,6-9,14H,3,5H2,(H,16,17). The largest absolute Gasteiger partial charge is 0.478 e. The summed E-state index contributed by atoms with van der Waals surface area (Å²) in [7, 11) is 0. The van der Waals surface area contributed by atoms with Crippen LogP contribution in [0.25, 0.3) is 0 Å². The molecule has 0 spiro atoms. The predicted molar refractivity (Wildman–Crippen MR) is 63.8 cm³/mol. The van der Waals surface area contributed by atoms with Crippen LogP contribution in [0.4, 0.5) is 5.69 Å². The number of para-hydroxylation sites is 1. The molecular formula is C13H13NO3. The topological polar surface area (TPSA) is 66.4 Å². The van der Waals surface area contributed by atoms with Crippen molar-refractivity contribution < 1.29 is 14.7 Å². The van der Waals surface area contributed by atoms with Gasteiger partial charge in [0.25, 0.3) is 0 Å². The van der Waals surface area contributed by atoms with Gasteiger partial charge in [-0.2, -0.15) is 0 Å². The number of fused-ring (bicyclic) bond motifs is 1. The first kappa shape index (κ1) is 11.4. The van der Waals surface area contributed by atoms with Crippen LogP contribution in [0.15, 0.2) is 36.0 Å². The molecule has 0 saturated carbocycles. The molecular weight excluding hydrogens is 218 g/mol. The van der Waals surface area contributed by atoms with E-state index in [2.05, 4.69) is 5.32 Å². The lowest BCUT2D eigenvalue weighted by Crippen LogP contribution is -2.18. The van der Waals surface area contributed by atoms with Crippen molar-refractivity contribution in [1.82, 2.24) is 0 Å². The summed E-state index contributed by atoms with van der Waals surface area (Å²) in [4.78, 5) is 21.6. The van der Waals surface area contributed by atoms with Crippen LogP contribution in [0.2, 0.25) is 0 Å². The van der Waals surface area contributed by atoms with E-state index in [1.807, 2.05) is 24.3 Å². The van der Waals surface area contributed by atoms with Crippen LogP contribution in [0.1, 0.15) is 24.3 Å². The number of carbonyl (C=O) groups is 2. The lowest BCUT2D eigenvalue weighted by atomic mass is 9.85. The van der Waals surface area contributed by atoms with Gasteiger partial charge in [-0.25, -0.2) is 4.79 Å². The molecule has 0 bridgehead atoms. The van der Waals surface area contributed by atoms with Crippen molar-refractivity contribution in [1.29, 1.82) is 0 Å². The minimum Gasteiger partial charge on any atom is -0.478 e. The van der Waals surface area contributed by atoms with E-state index < -0.39 is 5.97 Å². The molecule has 2 N–H and O–H groups in total. The first-order chi connectivity index (χ1) is 8.24. The Hall–Kier alpha value is -2.10. The van der Waals surface area contributed by atoms with Gasteiger partial charge in [0, 0.05) is 24.2 Å². The predicted octanol–water partition coefficient (Wildman–Crippen LogP) is 2.14. The molecule has 4 nitrogen and oxygen atoms in total. The molecule has 0 fully saturated rings. The number of anilines is 1. The van der Waals surface area contributed by atoms with E-state index in [1.165, 1.54) is 6.20 Å². The summed E-state index contributed by atoms with van der Waals surface area (Å²) in [5.41, 5.74) is 2.16. The third-order valence-electron chi connectivity index (χ3n) is 2.91. The fraction of sp³-hybridized carbons (Fsp3) is 0.231. The van der Waals surface area contributed by atoms with E-state index in [-0.39, 0.29) is 5.92 Å². The van der Waals surface area contributed by atoms with E-state index >= 15 is 0 Å². The quantitative estimate of drug-likeness (QED) is 0.779. The third kappa shape index (κ3) is 2.20. The summed E-state index contributed by atoms with van der Waals surface area (Å²) >= 11 is 0. The van der Waals surface area contributed by atoms with E-state index in [4.69, 9.17) is 5.11 Å². The van der Waals surface area contributed by atoms with Gasteiger partial charge in [-0.3, -0.25) is 0 Å². The van der Waals surface area contributed by atoms with E-state index in [9.17, 15) is 9.59 Å². The van der Waals surface area contributed by atoms with Gasteiger partial charge in [0.1, 0.15) is 6.29 Å². The van der Waals surface area contributed by atoms with Gasteiger partial charge in [0.05, 0.1) is 5.57 Å². The summed E-state index contributed by atoms with van der Waals surface area (Å²) in [6, 6.07) is 7.56. The van der Waals surface area contributed by atoms with Crippen LogP contribution >= 0.6 is 0 Å². The number of carbonyl (C=O) groups excluding carboxylic acids is 1. The number of carboxylic acid groups (broad SMARTS) is 1. The molecule has 88 valence electrons. The van der Waals surface area contributed by atoms with Crippen molar-refractivity contribution >= 4 is 17.9 Å². The van der Waals surface area contributed by atoms with Gasteiger partial charge < -0.3 is 15.2 Å². The van der Waals surface area contributed by atoms with Crippen LogP contribution in [0, 0.1) is 0 Å². The highest BCUT2D eigenvalue weighted by atomic mass is 16.4. The summed E-state index contributed by atoms with van der Waals surface area (Å²) in [5, 5.41) is 12.1. The molecule has 0 radical (unpaired) electrons. The second-order valence-corrected chi connectivity index (χ2v) is 3.93. The minimum atomic E-state index is -0.942. The van der Waals surface area contributed by atoms with Gasteiger partial charge in [0.15, 0.2) is 0 Å². The second kappa shape index (κ2) is 4.82.